The zero-order valence-corrected chi connectivity index (χ0v) is 24.8. The van der Waals surface area contributed by atoms with Gasteiger partial charge in [-0.1, -0.05) is 12.1 Å². The molecule has 220 valence electrons. The maximum Gasteiger partial charge on any atom is 0.253 e. The van der Waals surface area contributed by atoms with Crippen molar-refractivity contribution in [3.05, 3.63) is 76.4 Å². The summed E-state index contributed by atoms with van der Waals surface area (Å²) in [5.41, 5.74) is 6.43. The van der Waals surface area contributed by atoms with Crippen LogP contribution in [-0.4, -0.2) is 96.8 Å². The zero-order chi connectivity index (χ0) is 28.8. The second-order valence-corrected chi connectivity index (χ2v) is 10.7. The third kappa shape index (κ3) is 6.58. The minimum absolute atomic E-state index is 0.0139. The van der Waals surface area contributed by atoms with Gasteiger partial charge in [0.15, 0.2) is 11.5 Å². The van der Waals surface area contributed by atoms with E-state index in [0.717, 1.165) is 80.8 Å². The number of benzene rings is 2. The molecule has 0 saturated carbocycles. The number of nitrogens with zero attached hydrogens (tertiary/aromatic N) is 4. The number of imidazole rings is 1. The molecule has 9 heteroatoms. The lowest BCUT2D eigenvalue weighted by molar-refractivity contribution is 0.0321. The fraction of sp³-hybridized carbons (Fsp3) is 0.500. The van der Waals surface area contributed by atoms with Crippen LogP contribution >= 0.6 is 0 Å². The molecule has 1 unspecified atom stereocenters. The van der Waals surface area contributed by atoms with Gasteiger partial charge in [-0.05, 0) is 68.1 Å². The van der Waals surface area contributed by atoms with Crippen LogP contribution in [0.25, 0.3) is 0 Å². The van der Waals surface area contributed by atoms with Crippen LogP contribution in [0.5, 0.6) is 11.5 Å². The number of amides is 1. The number of nitrogens with one attached hydrogen (secondary N) is 1. The Morgan fingerprint density at radius 2 is 1.85 bits per heavy atom. The van der Waals surface area contributed by atoms with Gasteiger partial charge < -0.3 is 24.1 Å². The first-order chi connectivity index (χ1) is 20.0. The lowest BCUT2D eigenvalue weighted by atomic mass is 9.87. The van der Waals surface area contributed by atoms with Crippen LogP contribution < -0.4 is 9.47 Å². The number of hydrogen-bond acceptors (Lipinski definition) is 7. The minimum atomic E-state index is -0.0139. The average Bonchev–Trinajstić information content (AvgIpc) is 3.41. The molecule has 1 fully saturated rings. The molecule has 2 aromatic carbocycles. The molecule has 2 aliphatic rings. The summed E-state index contributed by atoms with van der Waals surface area (Å²) in [5.74, 6) is 1.59. The van der Waals surface area contributed by atoms with Crippen LogP contribution in [0.2, 0.25) is 0 Å². The van der Waals surface area contributed by atoms with E-state index in [-0.39, 0.29) is 11.9 Å². The zero-order valence-electron chi connectivity index (χ0n) is 24.8. The third-order valence-electron chi connectivity index (χ3n) is 8.33. The molecule has 3 aromatic rings. The number of carbonyl (C=O) groups is 1. The molecule has 1 aromatic heterocycles. The van der Waals surface area contributed by atoms with E-state index >= 15 is 0 Å². The molecule has 0 bridgehead atoms. The normalized spacial score (nSPS) is 17.7. The minimum Gasteiger partial charge on any atom is -0.493 e. The van der Waals surface area contributed by atoms with Gasteiger partial charge in [0.25, 0.3) is 5.91 Å². The van der Waals surface area contributed by atoms with Crippen molar-refractivity contribution in [3.63, 3.8) is 0 Å². The van der Waals surface area contributed by atoms with Crippen LogP contribution in [0, 0.1) is 6.92 Å². The number of hydrogen-bond donors (Lipinski definition) is 1. The summed E-state index contributed by atoms with van der Waals surface area (Å²) in [7, 11) is 1.70. The molecule has 0 radical (unpaired) electrons. The SMILES string of the molecule is CCN(CC)C(=O)c1ccc(C2c3cc(OCCN4CCOCC4)c(OC)cc3CCN2Cc2nc[nH]c2C)cc1. The van der Waals surface area contributed by atoms with Crippen LogP contribution in [0.15, 0.2) is 42.7 Å². The van der Waals surface area contributed by atoms with Crippen molar-refractivity contribution in [1.29, 1.82) is 0 Å². The van der Waals surface area contributed by atoms with Crippen LogP contribution in [0.1, 0.15) is 58.3 Å². The second kappa shape index (κ2) is 13.5. The van der Waals surface area contributed by atoms with E-state index in [2.05, 4.69) is 51.0 Å². The first-order valence-electron chi connectivity index (χ1n) is 14.8. The summed E-state index contributed by atoms with van der Waals surface area (Å²) in [5, 5.41) is 0. The van der Waals surface area contributed by atoms with Gasteiger partial charge in [-0.2, -0.15) is 0 Å². The van der Waals surface area contributed by atoms with Crippen molar-refractivity contribution in [1.82, 2.24) is 24.7 Å². The Bertz CT molecular complexity index is 1300. The Kier molecular flexibility index (Phi) is 9.59. The molecule has 1 N–H and O–H groups in total. The highest BCUT2D eigenvalue weighted by Crippen LogP contribution is 2.41. The van der Waals surface area contributed by atoms with Crippen molar-refractivity contribution < 1.29 is 19.0 Å². The lowest BCUT2D eigenvalue weighted by Gasteiger charge is -2.38. The Labute approximate surface area is 243 Å². The van der Waals surface area contributed by atoms with Crippen LogP contribution in [-0.2, 0) is 17.7 Å². The van der Waals surface area contributed by atoms with Gasteiger partial charge in [-0.3, -0.25) is 14.6 Å². The maximum absolute atomic E-state index is 13.0. The molecule has 3 heterocycles. The highest BCUT2D eigenvalue weighted by molar-refractivity contribution is 5.94. The molecule has 0 aliphatic carbocycles. The van der Waals surface area contributed by atoms with Crippen LogP contribution in [0.3, 0.4) is 0 Å². The largest absolute Gasteiger partial charge is 0.493 e. The summed E-state index contributed by atoms with van der Waals surface area (Å²) in [6.45, 7) is 13.9. The van der Waals surface area contributed by atoms with E-state index in [1.807, 2.05) is 30.9 Å². The van der Waals surface area contributed by atoms with Crippen molar-refractivity contribution in [2.75, 3.05) is 66.2 Å². The standard InChI is InChI=1S/C32H43N5O4/c1-5-36(6-2)32(38)25-9-7-24(8-10-25)31-27-20-30(41-18-15-35-13-16-40-17-14-35)29(39-4)19-26(27)11-12-37(31)21-28-23(3)33-22-34-28/h7-10,19-20,22,31H,5-6,11-18,21H2,1-4H3,(H,33,34). The summed E-state index contributed by atoms with van der Waals surface area (Å²) in [6.07, 6.45) is 2.66. The number of carbonyl (C=O) groups excluding carboxylic acids is 1. The Morgan fingerprint density at radius 3 is 2.51 bits per heavy atom. The number of aromatic amines is 1. The Morgan fingerprint density at radius 1 is 1.10 bits per heavy atom. The molecule has 1 saturated heterocycles. The lowest BCUT2D eigenvalue weighted by Crippen LogP contribution is -2.38. The molecule has 1 atom stereocenters. The first kappa shape index (κ1) is 29.1. The Hall–Kier alpha value is -3.40. The summed E-state index contributed by atoms with van der Waals surface area (Å²) < 4.78 is 17.6. The van der Waals surface area contributed by atoms with Crippen molar-refractivity contribution in [2.24, 2.45) is 0 Å². The number of aryl methyl sites for hydroxylation is 1. The molecule has 0 spiro atoms. The van der Waals surface area contributed by atoms with E-state index < -0.39 is 0 Å². The third-order valence-corrected chi connectivity index (χ3v) is 8.33. The van der Waals surface area contributed by atoms with Crippen molar-refractivity contribution in [2.45, 2.75) is 39.8 Å². The van der Waals surface area contributed by atoms with Gasteiger partial charge in [0, 0.05) is 57.1 Å². The molecule has 41 heavy (non-hydrogen) atoms. The maximum atomic E-state index is 13.0. The number of fused-ring (bicyclic) bond motifs is 1. The number of methoxy groups -OCH3 is 1. The molecular formula is C32H43N5O4. The predicted octanol–water partition coefficient (Wildman–Crippen LogP) is 4.07. The molecule has 1 amide bonds. The van der Waals surface area contributed by atoms with Gasteiger partial charge in [-0.25, -0.2) is 4.98 Å². The molecule has 9 nitrogen and oxygen atoms in total. The summed E-state index contributed by atoms with van der Waals surface area (Å²) in [6, 6.07) is 12.4. The van der Waals surface area contributed by atoms with Crippen LogP contribution in [0.4, 0.5) is 0 Å². The first-order valence-corrected chi connectivity index (χ1v) is 14.8. The van der Waals surface area contributed by atoms with Gasteiger partial charge in [0.05, 0.1) is 38.4 Å². The average molecular weight is 562 g/mol. The predicted molar refractivity (Wildman–Crippen MR) is 159 cm³/mol. The smallest absolute Gasteiger partial charge is 0.253 e. The highest BCUT2D eigenvalue weighted by Gasteiger charge is 2.31. The van der Waals surface area contributed by atoms with Crippen molar-refractivity contribution in [3.8, 4) is 11.5 Å². The van der Waals surface area contributed by atoms with Crippen molar-refractivity contribution >= 4 is 5.91 Å². The Balaban J connectivity index is 1.46. The number of morpholine rings is 1. The van der Waals surface area contributed by atoms with E-state index in [4.69, 9.17) is 14.2 Å². The highest BCUT2D eigenvalue weighted by atomic mass is 16.5. The molecule has 5 rings (SSSR count). The fourth-order valence-electron chi connectivity index (χ4n) is 5.86. The summed E-state index contributed by atoms with van der Waals surface area (Å²) >= 11 is 0. The molecule has 2 aliphatic heterocycles. The number of aromatic nitrogens is 2. The number of rotatable bonds is 11. The van der Waals surface area contributed by atoms with Gasteiger partial charge in [-0.15, -0.1) is 0 Å². The van der Waals surface area contributed by atoms with E-state index in [0.29, 0.717) is 25.3 Å². The van der Waals surface area contributed by atoms with E-state index in [1.165, 1.54) is 11.1 Å². The van der Waals surface area contributed by atoms with Gasteiger partial charge in [0.1, 0.15) is 6.61 Å². The second-order valence-electron chi connectivity index (χ2n) is 10.7. The monoisotopic (exact) mass is 561 g/mol. The fourth-order valence-corrected chi connectivity index (χ4v) is 5.86. The van der Waals surface area contributed by atoms with E-state index in [9.17, 15) is 4.79 Å². The molecular weight excluding hydrogens is 518 g/mol. The van der Waals surface area contributed by atoms with E-state index in [1.54, 1.807) is 13.4 Å². The number of H-pyrrole nitrogens is 1. The topological polar surface area (TPSA) is 83.2 Å². The summed E-state index contributed by atoms with van der Waals surface area (Å²) in [4.78, 5) is 27.5. The van der Waals surface area contributed by atoms with Gasteiger partial charge >= 0.3 is 0 Å². The quantitative estimate of drug-likeness (QED) is 0.378. The number of ether oxygens (including phenoxy) is 3. The van der Waals surface area contributed by atoms with Gasteiger partial charge in [0.2, 0.25) is 0 Å².